The molecule has 1 aromatic heterocycles. The minimum absolute atomic E-state index is 0.119. The molecule has 2 N–H and O–H groups in total. The van der Waals surface area contributed by atoms with E-state index in [9.17, 15) is 4.79 Å². The van der Waals surface area contributed by atoms with E-state index in [1.54, 1.807) is 0 Å². The van der Waals surface area contributed by atoms with Crippen molar-refractivity contribution in [2.45, 2.75) is 19.4 Å². The lowest BCUT2D eigenvalue weighted by atomic mass is 9.97. The summed E-state index contributed by atoms with van der Waals surface area (Å²) in [7, 11) is 0. The van der Waals surface area contributed by atoms with E-state index >= 15 is 0 Å². The Morgan fingerprint density at radius 2 is 2.03 bits per heavy atom. The predicted octanol–water partition coefficient (Wildman–Crippen LogP) is 3.75. The molecule has 1 amide bonds. The van der Waals surface area contributed by atoms with Crippen LogP contribution in [0, 0.1) is 5.92 Å². The Hall–Kier alpha value is -2.83. The number of nitrogens with one attached hydrogen (secondary N) is 2. The van der Waals surface area contributed by atoms with Crippen LogP contribution in [0.25, 0.3) is 11.1 Å². The molecule has 1 fully saturated rings. The number of carbonyl (C=O) groups excluding carboxylic acids is 1. The summed E-state index contributed by atoms with van der Waals surface area (Å²) < 4.78 is 5.89. The van der Waals surface area contributed by atoms with Gasteiger partial charge in [-0.25, -0.2) is 0 Å². The minimum Gasteiger partial charge on any atom is -0.490 e. The lowest BCUT2D eigenvalue weighted by molar-refractivity contribution is -0.125. The fraction of sp³-hybridized carbons (Fsp3) is 0.360. The molecule has 0 saturated carbocycles. The number of aromatic nitrogens is 1. The Kier molecular flexibility index (Phi) is 7.80. The van der Waals surface area contributed by atoms with Gasteiger partial charge < -0.3 is 20.3 Å². The van der Waals surface area contributed by atoms with Crippen LogP contribution in [-0.4, -0.2) is 48.6 Å². The first-order valence-corrected chi connectivity index (χ1v) is 11.5. The van der Waals surface area contributed by atoms with Crippen molar-refractivity contribution in [1.29, 1.82) is 0 Å². The highest BCUT2D eigenvalue weighted by atomic mass is 35.5. The third-order valence-corrected chi connectivity index (χ3v) is 5.96. The predicted molar refractivity (Wildman–Crippen MR) is 127 cm³/mol. The number of rotatable bonds is 8. The Balaban J connectivity index is 1.30. The van der Waals surface area contributed by atoms with Crippen molar-refractivity contribution < 1.29 is 9.53 Å². The Labute approximate surface area is 194 Å². The zero-order valence-electron chi connectivity index (χ0n) is 18.1. The number of carbonyl (C=O) groups is 1. The molecule has 0 radical (unpaired) electrons. The van der Waals surface area contributed by atoms with Crippen LogP contribution in [0.5, 0.6) is 0 Å². The molecule has 4 rings (SSSR count). The number of amides is 1. The molecule has 2 aromatic rings. The SMILES string of the molecule is O=C(NCCOC1=CN(Cc2ncccc2-c2ccc(Cl)cc2)CC=C1)C1CCNCC1. The van der Waals surface area contributed by atoms with Gasteiger partial charge >= 0.3 is 0 Å². The van der Waals surface area contributed by atoms with Crippen LogP contribution in [-0.2, 0) is 16.1 Å². The van der Waals surface area contributed by atoms with Crippen LogP contribution in [0.4, 0.5) is 0 Å². The zero-order chi connectivity index (χ0) is 22.2. The lowest BCUT2D eigenvalue weighted by Gasteiger charge is -2.24. The topological polar surface area (TPSA) is 66.5 Å². The van der Waals surface area contributed by atoms with Crippen molar-refractivity contribution in [3.63, 3.8) is 0 Å². The summed E-state index contributed by atoms with van der Waals surface area (Å²) in [6.07, 6.45) is 9.69. The standard InChI is InChI=1S/C25H29ClN4O2/c26-21-7-5-19(6-8-21)23-4-1-11-28-24(23)18-30-15-2-3-22(17-30)32-16-14-29-25(31)20-9-12-27-13-10-20/h1-8,11,17,20,27H,9-10,12-16,18H2,(H,29,31). The molecule has 3 heterocycles. The van der Waals surface area contributed by atoms with Gasteiger partial charge in [0.15, 0.2) is 0 Å². The summed E-state index contributed by atoms with van der Waals surface area (Å²) in [6.45, 7) is 4.24. The van der Waals surface area contributed by atoms with Gasteiger partial charge in [0.2, 0.25) is 5.91 Å². The lowest BCUT2D eigenvalue weighted by Crippen LogP contribution is -2.39. The van der Waals surface area contributed by atoms with Gasteiger partial charge in [0.1, 0.15) is 12.4 Å². The Morgan fingerprint density at radius 3 is 2.84 bits per heavy atom. The highest BCUT2D eigenvalue weighted by Gasteiger charge is 2.20. The van der Waals surface area contributed by atoms with Gasteiger partial charge in [-0.15, -0.1) is 0 Å². The Bertz CT molecular complexity index is 968. The Morgan fingerprint density at radius 1 is 1.22 bits per heavy atom. The molecule has 0 atom stereocenters. The molecular formula is C25H29ClN4O2. The monoisotopic (exact) mass is 452 g/mol. The summed E-state index contributed by atoms with van der Waals surface area (Å²) in [5.74, 6) is 1.04. The highest BCUT2D eigenvalue weighted by Crippen LogP contribution is 2.25. The van der Waals surface area contributed by atoms with Crippen molar-refractivity contribution in [1.82, 2.24) is 20.5 Å². The number of ether oxygens (including phenoxy) is 1. The van der Waals surface area contributed by atoms with Crippen LogP contribution >= 0.6 is 11.6 Å². The maximum atomic E-state index is 12.2. The van der Waals surface area contributed by atoms with Gasteiger partial charge in [-0.05, 0) is 55.8 Å². The second-order valence-electron chi connectivity index (χ2n) is 8.03. The molecule has 0 spiro atoms. The van der Waals surface area contributed by atoms with E-state index < -0.39 is 0 Å². The van der Waals surface area contributed by atoms with Gasteiger partial charge in [-0.2, -0.15) is 0 Å². The second-order valence-corrected chi connectivity index (χ2v) is 8.47. The summed E-state index contributed by atoms with van der Waals surface area (Å²) >= 11 is 6.04. The van der Waals surface area contributed by atoms with Crippen LogP contribution in [0.1, 0.15) is 18.5 Å². The number of hydrogen-bond donors (Lipinski definition) is 2. The largest absolute Gasteiger partial charge is 0.490 e. The number of halogens is 1. The molecule has 2 aliphatic rings. The summed E-state index contributed by atoms with van der Waals surface area (Å²) in [4.78, 5) is 19.0. The van der Waals surface area contributed by atoms with Gasteiger partial charge in [0.25, 0.3) is 0 Å². The molecule has 7 heteroatoms. The number of allylic oxidation sites excluding steroid dienone is 1. The van der Waals surface area contributed by atoms with Crippen molar-refractivity contribution in [3.05, 3.63) is 77.4 Å². The first kappa shape index (κ1) is 22.4. The molecule has 1 saturated heterocycles. The molecule has 0 bridgehead atoms. The summed E-state index contributed by atoms with van der Waals surface area (Å²) in [6, 6.07) is 11.9. The fourth-order valence-electron chi connectivity index (χ4n) is 4.00. The average molecular weight is 453 g/mol. The van der Waals surface area contributed by atoms with E-state index in [1.165, 1.54) is 0 Å². The molecule has 1 aromatic carbocycles. The molecular weight excluding hydrogens is 424 g/mol. The van der Waals surface area contributed by atoms with Crippen LogP contribution in [0.15, 0.2) is 66.7 Å². The van der Waals surface area contributed by atoms with E-state index in [2.05, 4.69) is 32.7 Å². The molecule has 2 aliphatic heterocycles. The minimum atomic E-state index is 0.119. The van der Waals surface area contributed by atoms with Crippen LogP contribution in [0.3, 0.4) is 0 Å². The van der Waals surface area contributed by atoms with E-state index in [-0.39, 0.29) is 11.8 Å². The van der Waals surface area contributed by atoms with Crippen molar-refractivity contribution >= 4 is 17.5 Å². The van der Waals surface area contributed by atoms with E-state index in [4.69, 9.17) is 16.3 Å². The van der Waals surface area contributed by atoms with Crippen LogP contribution < -0.4 is 10.6 Å². The van der Waals surface area contributed by atoms with E-state index in [0.717, 1.165) is 60.1 Å². The van der Waals surface area contributed by atoms with E-state index in [0.29, 0.717) is 19.7 Å². The summed E-state index contributed by atoms with van der Waals surface area (Å²) in [5.41, 5.74) is 3.18. The second kappa shape index (κ2) is 11.2. The molecule has 6 nitrogen and oxygen atoms in total. The maximum Gasteiger partial charge on any atom is 0.223 e. The average Bonchev–Trinajstić information content (AvgIpc) is 2.83. The molecule has 0 unspecified atom stereocenters. The van der Waals surface area contributed by atoms with Crippen molar-refractivity contribution in [2.24, 2.45) is 5.92 Å². The van der Waals surface area contributed by atoms with Gasteiger partial charge in [0.05, 0.1) is 18.8 Å². The van der Waals surface area contributed by atoms with Crippen LogP contribution in [0.2, 0.25) is 5.02 Å². The number of piperidine rings is 1. The zero-order valence-corrected chi connectivity index (χ0v) is 18.9. The first-order chi connectivity index (χ1) is 15.7. The first-order valence-electron chi connectivity index (χ1n) is 11.1. The van der Waals surface area contributed by atoms with Crippen molar-refractivity contribution in [2.75, 3.05) is 32.8 Å². The van der Waals surface area contributed by atoms with Gasteiger partial charge in [-0.3, -0.25) is 9.78 Å². The van der Waals surface area contributed by atoms with E-state index in [1.807, 2.05) is 48.8 Å². The normalized spacial score (nSPS) is 16.5. The molecule has 168 valence electrons. The van der Waals surface area contributed by atoms with Gasteiger partial charge in [-0.1, -0.05) is 35.9 Å². The summed E-state index contributed by atoms with van der Waals surface area (Å²) in [5, 5.41) is 7.00. The number of hydrogen-bond acceptors (Lipinski definition) is 5. The number of benzene rings is 1. The fourth-order valence-corrected chi connectivity index (χ4v) is 4.12. The smallest absolute Gasteiger partial charge is 0.223 e. The molecule has 32 heavy (non-hydrogen) atoms. The quantitative estimate of drug-likeness (QED) is 0.597. The number of nitrogens with zero attached hydrogens (tertiary/aromatic N) is 2. The highest BCUT2D eigenvalue weighted by molar-refractivity contribution is 6.30. The number of pyridine rings is 1. The third kappa shape index (κ3) is 6.11. The van der Waals surface area contributed by atoms with Crippen molar-refractivity contribution in [3.8, 4) is 11.1 Å². The third-order valence-electron chi connectivity index (χ3n) is 5.71. The van der Waals surface area contributed by atoms with Gasteiger partial charge in [0, 0.05) is 35.4 Å². The maximum absolute atomic E-state index is 12.2. The molecule has 0 aliphatic carbocycles.